The van der Waals surface area contributed by atoms with Crippen molar-refractivity contribution in [1.82, 2.24) is 19.9 Å². The molecule has 1 atom stereocenters. The Kier molecular flexibility index (Phi) is 5.09. The van der Waals surface area contributed by atoms with Crippen molar-refractivity contribution in [2.24, 2.45) is 13.0 Å². The Morgan fingerprint density at radius 2 is 2.19 bits per heavy atom. The van der Waals surface area contributed by atoms with E-state index in [2.05, 4.69) is 29.1 Å². The maximum Gasteiger partial charge on any atom is 0.220 e. The highest BCUT2D eigenvalue weighted by molar-refractivity contribution is 5.76. The topological polar surface area (TPSA) is 59.8 Å². The molecule has 0 saturated heterocycles. The number of hydrogen-bond acceptors (Lipinski definition) is 3. The molecule has 0 radical (unpaired) electrons. The highest BCUT2D eigenvalue weighted by Crippen LogP contribution is 2.19. The Balaban J connectivity index is 1.95. The van der Waals surface area contributed by atoms with Gasteiger partial charge in [0.1, 0.15) is 5.82 Å². The van der Waals surface area contributed by atoms with Gasteiger partial charge in [-0.2, -0.15) is 0 Å². The molecule has 0 fully saturated rings. The average Bonchev–Trinajstić information content (AvgIpc) is 2.89. The van der Waals surface area contributed by atoms with Crippen LogP contribution in [0.25, 0.3) is 0 Å². The van der Waals surface area contributed by atoms with Gasteiger partial charge < -0.3 is 9.88 Å². The van der Waals surface area contributed by atoms with Crippen LogP contribution in [0.5, 0.6) is 0 Å². The number of carbonyl (C=O) groups is 1. The average molecular weight is 286 g/mol. The summed E-state index contributed by atoms with van der Waals surface area (Å²) in [6.07, 6.45) is 8.34. The molecule has 2 rings (SSSR count). The first-order valence-corrected chi connectivity index (χ1v) is 7.23. The quantitative estimate of drug-likeness (QED) is 0.886. The molecule has 0 aliphatic heterocycles. The number of aromatic nitrogens is 3. The van der Waals surface area contributed by atoms with Crippen molar-refractivity contribution in [1.29, 1.82) is 0 Å². The lowest BCUT2D eigenvalue weighted by Crippen LogP contribution is -2.33. The third-order valence-corrected chi connectivity index (χ3v) is 3.48. The molecule has 0 aliphatic rings. The van der Waals surface area contributed by atoms with Gasteiger partial charge in [-0.05, 0) is 24.0 Å². The summed E-state index contributed by atoms with van der Waals surface area (Å²) in [5, 5.41) is 3.09. The van der Waals surface area contributed by atoms with Gasteiger partial charge >= 0.3 is 0 Å². The van der Waals surface area contributed by atoms with Crippen LogP contribution >= 0.6 is 0 Å². The van der Waals surface area contributed by atoms with Crippen molar-refractivity contribution in [2.75, 3.05) is 0 Å². The molecule has 21 heavy (non-hydrogen) atoms. The molecule has 2 heterocycles. The lowest BCUT2D eigenvalue weighted by atomic mass is 10.0. The summed E-state index contributed by atoms with van der Waals surface area (Å²) in [6, 6.07) is 3.81. The zero-order chi connectivity index (χ0) is 15.2. The summed E-state index contributed by atoms with van der Waals surface area (Å²) in [5.74, 6) is 1.22. The van der Waals surface area contributed by atoms with E-state index >= 15 is 0 Å². The number of imidazole rings is 1. The van der Waals surface area contributed by atoms with Crippen LogP contribution in [0.1, 0.15) is 37.7 Å². The maximum absolute atomic E-state index is 12.2. The molecule has 1 amide bonds. The fourth-order valence-electron chi connectivity index (χ4n) is 2.26. The minimum absolute atomic E-state index is 0.0422. The van der Waals surface area contributed by atoms with Crippen LogP contribution in [0.3, 0.4) is 0 Å². The summed E-state index contributed by atoms with van der Waals surface area (Å²) in [4.78, 5) is 20.6. The molecule has 5 nitrogen and oxygen atoms in total. The number of hydrogen-bond donors (Lipinski definition) is 1. The Morgan fingerprint density at radius 1 is 1.38 bits per heavy atom. The number of carbonyl (C=O) groups excluding carboxylic acids is 1. The third kappa shape index (κ3) is 4.15. The van der Waals surface area contributed by atoms with Crippen LogP contribution in [0.15, 0.2) is 36.9 Å². The first-order chi connectivity index (χ1) is 10.1. The molecule has 0 bridgehead atoms. The fourth-order valence-corrected chi connectivity index (χ4v) is 2.26. The van der Waals surface area contributed by atoms with Gasteiger partial charge in [-0.25, -0.2) is 4.98 Å². The van der Waals surface area contributed by atoms with E-state index in [0.29, 0.717) is 12.8 Å². The van der Waals surface area contributed by atoms with Gasteiger partial charge in [-0.3, -0.25) is 9.78 Å². The van der Waals surface area contributed by atoms with Crippen molar-refractivity contribution in [3.8, 4) is 0 Å². The van der Waals surface area contributed by atoms with Gasteiger partial charge in [0.15, 0.2) is 0 Å². The van der Waals surface area contributed by atoms with Crippen molar-refractivity contribution in [3.63, 3.8) is 0 Å². The zero-order valence-corrected chi connectivity index (χ0v) is 12.8. The third-order valence-electron chi connectivity index (χ3n) is 3.48. The van der Waals surface area contributed by atoms with Gasteiger partial charge in [0.25, 0.3) is 0 Å². The van der Waals surface area contributed by atoms with Gasteiger partial charge in [-0.1, -0.05) is 19.9 Å². The van der Waals surface area contributed by atoms with Crippen LogP contribution in [0, 0.1) is 5.92 Å². The summed E-state index contributed by atoms with van der Waals surface area (Å²) >= 11 is 0. The number of pyridine rings is 1. The van der Waals surface area contributed by atoms with Crippen LogP contribution in [-0.4, -0.2) is 20.4 Å². The Labute approximate surface area is 125 Å². The van der Waals surface area contributed by atoms with Crippen molar-refractivity contribution in [2.45, 2.75) is 32.7 Å². The van der Waals surface area contributed by atoms with E-state index in [1.165, 1.54) is 0 Å². The minimum atomic E-state index is -0.0635. The van der Waals surface area contributed by atoms with Gasteiger partial charge in [0.05, 0.1) is 6.04 Å². The minimum Gasteiger partial charge on any atom is -0.346 e. The first kappa shape index (κ1) is 15.2. The van der Waals surface area contributed by atoms with E-state index in [1.54, 1.807) is 18.6 Å². The lowest BCUT2D eigenvalue weighted by Gasteiger charge is -2.22. The SMILES string of the molecule is CC(C)C(NC(=O)CCc1cccnc1)c1nccn1C. The molecule has 0 spiro atoms. The smallest absolute Gasteiger partial charge is 0.220 e. The molecule has 2 aromatic rings. The predicted molar refractivity (Wildman–Crippen MR) is 81.5 cm³/mol. The number of amides is 1. The number of nitrogens with zero attached hydrogens (tertiary/aromatic N) is 3. The second-order valence-electron chi connectivity index (χ2n) is 5.55. The molecule has 1 unspecified atom stereocenters. The molecule has 5 heteroatoms. The largest absolute Gasteiger partial charge is 0.346 e. The van der Waals surface area contributed by atoms with Crippen molar-refractivity contribution < 1.29 is 4.79 Å². The van der Waals surface area contributed by atoms with E-state index in [9.17, 15) is 4.79 Å². The van der Waals surface area contributed by atoms with E-state index in [-0.39, 0.29) is 17.9 Å². The summed E-state index contributed by atoms with van der Waals surface area (Å²) in [6.45, 7) is 4.17. The second-order valence-corrected chi connectivity index (χ2v) is 5.55. The normalized spacial score (nSPS) is 12.4. The van der Waals surface area contributed by atoms with Crippen LogP contribution in [-0.2, 0) is 18.3 Å². The van der Waals surface area contributed by atoms with E-state index in [0.717, 1.165) is 11.4 Å². The van der Waals surface area contributed by atoms with Gasteiger partial charge in [-0.15, -0.1) is 0 Å². The molecule has 1 N–H and O–H groups in total. The Hall–Kier alpha value is -2.17. The van der Waals surface area contributed by atoms with Gasteiger partial charge in [0, 0.05) is 38.3 Å². The van der Waals surface area contributed by atoms with Crippen LogP contribution < -0.4 is 5.32 Å². The number of aryl methyl sites for hydroxylation is 2. The maximum atomic E-state index is 12.2. The van der Waals surface area contributed by atoms with E-state index < -0.39 is 0 Å². The highest BCUT2D eigenvalue weighted by atomic mass is 16.1. The second kappa shape index (κ2) is 7.02. The van der Waals surface area contributed by atoms with Crippen molar-refractivity contribution >= 4 is 5.91 Å². The predicted octanol–water partition coefficient (Wildman–Crippen LogP) is 2.26. The molecule has 112 valence electrons. The Bertz CT molecular complexity index is 577. The standard InChI is InChI=1S/C16H22N4O/c1-12(2)15(16-18-9-10-20(16)3)19-14(21)7-6-13-5-4-8-17-11-13/h4-5,8-12,15H,6-7H2,1-3H3,(H,19,21). The monoisotopic (exact) mass is 286 g/mol. The molecule has 2 aromatic heterocycles. The van der Waals surface area contributed by atoms with Crippen molar-refractivity contribution in [3.05, 3.63) is 48.3 Å². The summed E-state index contributed by atoms with van der Waals surface area (Å²) in [7, 11) is 1.94. The first-order valence-electron chi connectivity index (χ1n) is 7.23. The summed E-state index contributed by atoms with van der Waals surface area (Å²) < 4.78 is 1.95. The molecular formula is C16H22N4O. The summed E-state index contributed by atoms with van der Waals surface area (Å²) in [5.41, 5.74) is 1.07. The lowest BCUT2D eigenvalue weighted by molar-refractivity contribution is -0.122. The molecule has 0 aromatic carbocycles. The van der Waals surface area contributed by atoms with E-state index in [4.69, 9.17) is 0 Å². The zero-order valence-electron chi connectivity index (χ0n) is 12.8. The highest BCUT2D eigenvalue weighted by Gasteiger charge is 2.21. The molecule has 0 saturated carbocycles. The number of nitrogens with one attached hydrogen (secondary N) is 1. The van der Waals surface area contributed by atoms with Crippen LogP contribution in [0.2, 0.25) is 0 Å². The Morgan fingerprint density at radius 3 is 2.76 bits per heavy atom. The van der Waals surface area contributed by atoms with Gasteiger partial charge in [0.2, 0.25) is 5.91 Å². The van der Waals surface area contributed by atoms with E-state index in [1.807, 2.05) is 29.9 Å². The molecular weight excluding hydrogens is 264 g/mol. The fraction of sp³-hybridized carbons (Fsp3) is 0.438. The number of rotatable bonds is 6. The van der Waals surface area contributed by atoms with Crippen LogP contribution in [0.4, 0.5) is 0 Å². The molecule has 0 aliphatic carbocycles.